The topological polar surface area (TPSA) is 131 Å². The highest BCUT2D eigenvalue weighted by Gasteiger charge is 2.28. The molecule has 10 nitrogen and oxygen atoms in total. The van der Waals surface area contributed by atoms with E-state index in [4.69, 9.17) is 9.47 Å². The SMILES string of the molecule is COc1ccc(N(CC(=O)Nc2ccc(S(=O)(=O)Nc3cccc4ccccc34)cc2)S(=O)(=O)c2ccccc2)cc1OC. The average molecular weight is 632 g/mol. The number of ether oxygens (including phenoxy) is 2. The number of nitrogens with one attached hydrogen (secondary N) is 2. The molecule has 12 heteroatoms. The highest BCUT2D eigenvalue weighted by Crippen LogP contribution is 2.34. The van der Waals surface area contributed by atoms with Gasteiger partial charge in [-0.15, -0.1) is 0 Å². The smallest absolute Gasteiger partial charge is 0.264 e. The van der Waals surface area contributed by atoms with Crippen molar-refractivity contribution in [1.82, 2.24) is 0 Å². The Morgan fingerprint density at radius 1 is 0.705 bits per heavy atom. The molecule has 0 saturated carbocycles. The Bertz CT molecular complexity index is 2010. The molecule has 0 aliphatic carbocycles. The van der Waals surface area contributed by atoms with Crippen LogP contribution >= 0.6 is 0 Å². The molecule has 5 aromatic carbocycles. The van der Waals surface area contributed by atoms with Gasteiger partial charge in [0.05, 0.1) is 35.4 Å². The van der Waals surface area contributed by atoms with Crippen molar-refractivity contribution < 1.29 is 31.1 Å². The van der Waals surface area contributed by atoms with Crippen molar-refractivity contribution in [2.75, 3.05) is 35.1 Å². The molecule has 0 spiro atoms. The van der Waals surface area contributed by atoms with Gasteiger partial charge in [-0.25, -0.2) is 16.8 Å². The fourth-order valence-corrected chi connectivity index (χ4v) is 7.09. The monoisotopic (exact) mass is 631 g/mol. The summed E-state index contributed by atoms with van der Waals surface area (Å²) in [6.45, 7) is -0.574. The molecule has 0 aromatic heterocycles. The number of rotatable bonds is 11. The number of sulfonamides is 2. The van der Waals surface area contributed by atoms with Gasteiger partial charge in [-0.2, -0.15) is 0 Å². The van der Waals surface area contributed by atoms with Crippen molar-refractivity contribution in [2.24, 2.45) is 0 Å². The zero-order chi connectivity index (χ0) is 31.3. The largest absolute Gasteiger partial charge is 0.493 e. The first kappa shape index (κ1) is 30.4. The molecule has 44 heavy (non-hydrogen) atoms. The van der Waals surface area contributed by atoms with E-state index in [2.05, 4.69) is 10.0 Å². The number of hydrogen-bond donors (Lipinski definition) is 2. The molecule has 1 amide bonds. The molecule has 226 valence electrons. The number of methoxy groups -OCH3 is 2. The van der Waals surface area contributed by atoms with E-state index in [-0.39, 0.29) is 26.9 Å². The van der Waals surface area contributed by atoms with Crippen molar-refractivity contribution >= 4 is 53.8 Å². The Morgan fingerprint density at radius 2 is 1.36 bits per heavy atom. The lowest BCUT2D eigenvalue weighted by Crippen LogP contribution is -2.38. The first-order valence-electron chi connectivity index (χ1n) is 13.3. The minimum atomic E-state index is -4.17. The van der Waals surface area contributed by atoms with Crippen LogP contribution in [0.1, 0.15) is 0 Å². The summed E-state index contributed by atoms with van der Waals surface area (Å²) in [7, 11) is -5.23. The summed E-state index contributed by atoms with van der Waals surface area (Å²) in [4.78, 5) is 13.2. The molecule has 0 aliphatic rings. The summed E-state index contributed by atoms with van der Waals surface area (Å²) >= 11 is 0. The summed E-state index contributed by atoms with van der Waals surface area (Å²) in [5.74, 6) is 0.0269. The highest BCUT2D eigenvalue weighted by atomic mass is 32.2. The van der Waals surface area contributed by atoms with E-state index in [1.165, 1.54) is 62.8 Å². The van der Waals surface area contributed by atoms with E-state index in [9.17, 15) is 21.6 Å². The number of fused-ring (bicyclic) bond motifs is 1. The van der Waals surface area contributed by atoms with Crippen LogP contribution < -0.4 is 23.8 Å². The van der Waals surface area contributed by atoms with E-state index in [1.54, 1.807) is 36.4 Å². The molecule has 0 bridgehead atoms. The van der Waals surface area contributed by atoms with E-state index in [0.717, 1.165) is 15.1 Å². The van der Waals surface area contributed by atoms with Gasteiger partial charge in [-0.05, 0) is 60.0 Å². The van der Waals surface area contributed by atoms with Gasteiger partial charge in [0.15, 0.2) is 11.5 Å². The molecule has 0 saturated heterocycles. The highest BCUT2D eigenvalue weighted by molar-refractivity contribution is 7.93. The predicted octanol–water partition coefficient (Wildman–Crippen LogP) is 5.49. The number of nitrogens with zero attached hydrogens (tertiary/aromatic N) is 1. The van der Waals surface area contributed by atoms with Gasteiger partial charge >= 0.3 is 0 Å². The van der Waals surface area contributed by atoms with Crippen LogP contribution in [0, 0.1) is 0 Å². The molecule has 0 radical (unpaired) electrons. The summed E-state index contributed by atoms with van der Waals surface area (Å²) in [5.41, 5.74) is 0.904. The minimum absolute atomic E-state index is 0.00385. The van der Waals surface area contributed by atoms with E-state index >= 15 is 0 Å². The summed E-state index contributed by atoms with van der Waals surface area (Å²) in [6.07, 6.45) is 0. The second kappa shape index (κ2) is 12.7. The molecule has 2 N–H and O–H groups in total. The Hall–Kier alpha value is -5.07. The quantitative estimate of drug-likeness (QED) is 0.197. The zero-order valence-corrected chi connectivity index (χ0v) is 25.4. The maximum absolute atomic E-state index is 13.7. The van der Waals surface area contributed by atoms with Crippen molar-refractivity contribution in [3.05, 3.63) is 115 Å². The Labute approximate surface area is 256 Å². The number of carbonyl (C=O) groups excluding carboxylic acids is 1. The summed E-state index contributed by atoms with van der Waals surface area (Å²) in [6, 6.07) is 30.6. The second-order valence-electron chi connectivity index (χ2n) is 9.57. The van der Waals surface area contributed by atoms with Crippen LogP contribution in [-0.4, -0.2) is 43.5 Å². The van der Waals surface area contributed by atoms with Crippen LogP contribution in [0.5, 0.6) is 11.5 Å². The molecule has 0 heterocycles. The van der Waals surface area contributed by atoms with Crippen molar-refractivity contribution in [1.29, 1.82) is 0 Å². The van der Waals surface area contributed by atoms with Crippen LogP contribution in [0.3, 0.4) is 0 Å². The summed E-state index contributed by atoms with van der Waals surface area (Å²) < 4.78 is 67.8. The van der Waals surface area contributed by atoms with Crippen LogP contribution in [0.2, 0.25) is 0 Å². The van der Waals surface area contributed by atoms with Crippen LogP contribution in [-0.2, 0) is 24.8 Å². The third-order valence-corrected chi connectivity index (χ3v) is 9.93. The summed E-state index contributed by atoms with van der Waals surface area (Å²) in [5, 5.41) is 4.30. The van der Waals surface area contributed by atoms with E-state index in [1.807, 2.05) is 30.3 Å². The lowest BCUT2D eigenvalue weighted by Gasteiger charge is -2.25. The van der Waals surface area contributed by atoms with Gasteiger partial charge in [0.25, 0.3) is 20.0 Å². The Morgan fingerprint density at radius 3 is 2.07 bits per heavy atom. The lowest BCUT2D eigenvalue weighted by molar-refractivity contribution is -0.114. The third kappa shape index (κ3) is 6.46. The number of amides is 1. The third-order valence-electron chi connectivity index (χ3n) is 6.76. The average Bonchev–Trinajstić information content (AvgIpc) is 3.04. The van der Waals surface area contributed by atoms with Gasteiger partial charge in [0.2, 0.25) is 5.91 Å². The standard InChI is InChI=1S/C32H29N3O7S2/c1-41-30-20-17-25(21-31(30)42-2)35(44(39,40)27-11-4-3-5-12-27)22-32(36)33-24-15-18-26(19-16-24)43(37,38)34-29-14-8-10-23-9-6-7-13-28(23)29/h3-21,34H,22H2,1-2H3,(H,33,36). The number of hydrogen-bond acceptors (Lipinski definition) is 7. The Kier molecular flexibility index (Phi) is 8.74. The second-order valence-corrected chi connectivity index (χ2v) is 13.1. The van der Waals surface area contributed by atoms with Gasteiger partial charge in [-0.1, -0.05) is 54.6 Å². The van der Waals surface area contributed by atoms with E-state index < -0.39 is 32.5 Å². The van der Waals surface area contributed by atoms with Crippen molar-refractivity contribution in [3.8, 4) is 11.5 Å². The Balaban J connectivity index is 1.37. The molecule has 0 aliphatic heterocycles. The van der Waals surface area contributed by atoms with Gasteiger partial charge < -0.3 is 14.8 Å². The lowest BCUT2D eigenvalue weighted by atomic mass is 10.1. The molecular formula is C32H29N3O7S2. The van der Waals surface area contributed by atoms with Gasteiger partial charge in [-0.3, -0.25) is 13.8 Å². The normalized spacial score (nSPS) is 11.5. The minimum Gasteiger partial charge on any atom is -0.493 e. The molecule has 0 fully saturated rings. The van der Waals surface area contributed by atoms with E-state index in [0.29, 0.717) is 11.4 Å². The number of carbonyl (C=O) groups is 1. The van der Waals surface area contributed by atoms with Crippen LogP contribution in [0.25, 0.3) is 10.8 Å². The molecule has 0 atom stereocenters. The molecule has 5 aromatic rings. The predicted molar refractivity (Wildman–Crippen MR) is 170 cm³/mol. The van der Waals surface area contributed by atoms with Crippen LogP contribution in [0.4, 0.5) is 17.1 Å². The van der Waals surface area contributed by atoms with Crippen LogP contribution in [0.15, 0.2) is 125 Å². The fourth-order valence-electron chi connectivity index (χ4n) is 4.58. The maximum atomic E-state index is 13.7. The maximum Gasteiger partial charge on any atom is 0.264 e. The van der Waals surface area contributed by atoms with Gasteiger partial charge in [0.1, 0.15) is 6.54 Å². The first-order chi connectivity index (χ1) is 21.1. The molecule has 5 rings (SSSR count). The molecule has 0 unspecified atom stereocenters. The van der Waals surface area contributed by atoms with Crippen molar-refractivity contribution in [3.63, 3.8) is 0 Å². The zero-order valence-electron chi connectivity index (χ0n) is 23.8. The number of benzene rings is 5. The molecular weight excluding hydrogens is 603 g/mol. The first-order valence-corrected chi connectivity index (χ1v) is 16.2. The van der Waals surface area contributed by atoms with Crippen molar-refractivity contribution in [2.45, 2.75) is 9.79 Å². The van der Waals surface area contributed by atoms with Gasteiger partial charge in [0, 0.05) is 17.1 Å². The fraction of sp³-hybridized carbons (Fsp3) is 0.0938. The number of anilines is 3.